The Bertz CT molecular complexity index is 1230. The van der Waals surface area contributed by atoms with Gasteiger partial charge >= 0.3 is 0 Å². The van der Waals surface area contributed by atoms with Crippen LogP contribution in [0.5, 0.6) is 17.2 Å². The third-order valence-corrected chi connectivity index (χ3v) is 6.65. The highest BCUT2D eigenvalue weighted by atomic mass is 32.2. The lowest BCUT2D eigenvalue weighted by atomic mass is 10.1. The van der Waals surface area contributed by atoms with Crippen LogP contribution < -0.4 is 24.2 Å². The number of aryl methyl sites for hydroxylation is 1. The van der Waals surface area contributed by atoms with Gasteiger partial charge in [0.1, 0.15) is 0 Å². The molecule has 0 aromatic heterocycles. The highest BCUT2D eigenvalue weighted by Gasteiger charge is 2.19. The van der Waals surface area contributed by atoms with Crippen LogP contribution in [-0.2, 0) is 23.1 Å². The predicted octanol–water partition coefficient (Wildman–Crippen LogP) is 3.43. The fourth-order valence-electron chi connectivity index (χ4n) is 3.39. The number of sulfonamides is 1. The molecular formula is C25H28N2O6S. The molecule has 0 fully saturated rings. The number of methoxy groups -OCH3 is 3. The third-order valence-electron chi connectivity index (χ3n) is 5.25. The SMILES string of the molecule is COc1cc(CNC(=O)c2cc(S(=O)(=O)NCc3ccccc3)ccc2C)cc(OC)c1OC. The number of ether oxygens (including phenoxy) is 3. The maximum atomic E-state index is 12.9. The molecule has 9 heteroatoms. The predicted molar refractivity (Wildman–Crippen MR) is 129 cm³/mol. The molecule has 3 aromatic carbocycles. The molecule has 3 aromatic rings. The number of rotatable bonds is 10. The fraction of sp³-hybridized carbons (Fsp3) is 0.240. The number of hydrogen-bond acceptors (Lipinski definition) is 6. The molecule has 0 saturated carbocycles. The summed E-state index contributed by atoms with van der Waals surface area (Å²) >= 11 is 0. The monoisotopic (exact) mass is 484 g/mol. The zero-order chi connectivity index (χ0) is 24.7. The zero-order valence-corrected chi connectivity index (χ0v) is 20.4. The molecular weight excluding hydrogens is 456 g/mol. The molecule has 8 nitrogen and oxygen atoms in total. The molecule has 0 bridgehead atoms. The van der Waals surface area contributed by atoms with Crippen molar-refractivity contribution in [1.82, 2.24) is 10.0 Å². The van der Waals surface area contributed by atoms with E-state index in [1.54, 1.807) is 25.1 Å². The lowest BCUT2D eigenvalue weighted by Gasteiger charge is -2.15. The van der Waals surface area contributed by atoms with Crippen molar-refractivity contribution in [1.29, 1.82) is 0 Å². The lowest BCUT2D eigenvalue weighted by molar-refractivity contribution is 0.0950. The van der Waals surface area contributed by atoms with E-state index < -0.39 is 15.9 Å². The second-order valence-electron chi connectivity index (χ2n) is 7.50. The van der Waals surface area contributed by atoms with Crippen LogP contribution in [0.3, 0.4) is 0 Å². The van der Waals surface area contributed by atoms with Gasteiger partial charge in [0.05, 0.1) is 26.2 Å². The summed E-state index contributed by atoms with van der Waals surface area (Å²) in [6, 6.07) is 17.2. The minimum Gasteiger partial charge on any atom is -0.493 e. The maximum absolute atomic E-state index is 12.9. The summed E-state index contributed by atoms with van der Waals surface area (Å²) in [5, 5.41) is 2.83. The lowest BCUT2D eigenvalue weighted by Crippen LogP contribution is -2.26. The Kier molecular flexibility index (Phi) is 8.14. The standard InChI is InChI=1S/C25H28N2O6S/c1-17-10-11-20(34(29,30)27-16-18-8-6-5-7-9-18)14-21(17)25(28)26-15-19-12-22(31-2)24(33-4)23(13-19)32-3/h5-14,27H,15-16H2,1-4H3,(H,26,28). The molecule has 3 rings (SSSR count). The summed E-state index contributed by atoms with van der Waals surface area (Å²) in [5.41, 5.74) is 2.50. The average molecular weight is 485 g/mol. The summed E-state index contributed by atoms with van der Waals surface area (Å²) in [4.78, 5) is 12.9. The molecule has 0 radical (unpaired) electrons. The van der Waals surface area contributed by atoms with Crippen molar-refractivity contribution in [2.24, 2.45) is 0 Å². The van der Waals surface area contributed by atoms with E-state index >= 15 is 0 Å². The minimum atomic E-state index is -3.80. The number of amides is 1. The van der Waals surface area contributed by atoms with Crippen LogP contribution >= 0.6 is 0 Å². The number of carbonyl (C=O) groups is 1. The number of nitrogens with one attached hydrogen (secondary N) is 2. The van der Waals surface area contributed by atoms with Gasteiger partial charge in [0, 0.05) is 18.7 Å². The molecule has 1 amide bonds. The molecule has 0 spiro atoms. The Morgan fingerprint density at radius 3 is 2.06 bits per heavy atom. The first kappa shape index (κ1) is 25.1. The van der Waals surface area contributed by atoms with Crippen LogP contribution in [0.15, 0.2) is 65.6 Å². The van der Waals surface area contributed by atoms with E-state index in [2.05, 4.69) is 10.0 Å². The minimum absolute atomic E-state index is 0.0203. The Morgan fingerprint density at radius 2 is 1.47 bits per heavy atom. The van der Waals surface area contributed by atoms with Gasteiger partial charge in [-0.15, -0.1) is 0 Å². The van der Waals surface area contributed by atoms with Crippen molar-refractivity contribution in [3.8, 4) is 17.2 Å². The first-order chi connectivity index (χ1) is 16.3. The molecule has 0 unspecified atom stereocenters. The Hall–Kier alpha value is -3.56. The van der Waals surface area contributed by atoms with Gasteiger partial charge in [-0.2, -0.15) is 0 Å². The van der Waals surface area contributed by atoms with Gasteiger partial charge in [0.15, 0.2) is 11.5 Å². The van der Waals surface area contributed by atoms with Crippen LogP contribution in [0.1, 0.15) is 27.0 Å². The summed E-state index contributed by atoms with van der Waals surface area (Å²) < 4.78 is 44.2. The number of hydrogen-bond donors (Lipinski definition) is 2. The Labute approximate surface area is 199 Å². The maximum Gasteiger partial charge on any atom is 0.251 e. The Morgan fingerprint density at radius 1 is 0.824 bits per heavy atom. The second-order valence-corrected chi connectivity index (χ2v) is 9.27. The van der Waals surface area contributed by atoms with Gasteiger partial charge in [-0.25, -0.2) is 13.1 Å². The summed E-state index contributed by atoms with van der Waals surface area (Å²) in [6.45, 7) is 2.08. The molecule has 0 aliphatic rings. The fourth-order valence-corrected chi connectivity index (χ4v) is 4.43. The molecule has 0 saturated heterocycles. The second kappa shape index (κ2) is 11.0. The quantitative estimate of drug-likeness (QED) is 0.457. The molecule has 0 atom stereocenters. The third kappa shape index (κ3) is 5.86. The first-order valence-corrected chi connectivity index (χ1v) is 12.0. The Balaban J connectivity index is 1.76. The molecule has 0 aliphatic heterocycles. The van der Waals surface area contributed by atoms with Crippen LogP contribution in [0.4, 0.5) is 0 Å². The summed E-state index contributed by atoms with van der Waals surface area (Å²) in [5.74, 6) is 1.00. The van der Waals surface area contributed by atoms with Gasteiger partial charge in [0.25, 0.3) is 5.91 Å². The van der Waals surface area contributed by atoms with Crippen LogP contribution in [-0.4, -0.2) is 35.7 Å². The zero-order valence-electron chi connectivity index (χ0n) is 19.5. The van der Waals surface area contributed by atoms with Gasteiger partial charge in [-0.05, 0) is 47.9 Å². The number of carbonyl (C=O) groups excluding carboxylic acids is 1. The highest BCUT2D eigenvalue weighted by Crippen LogP contribution is 2.38. The molecule has 34 heavy (non-hydrogen) atoms. The molecule has 2 N–H and O–H groups in total. The van der Waals surface area contributed by atoms with E-state index in [1.807, 2.05) is 30.3 Å². The number of benzene rings is 3. The van der Waals surface area contributed by atoms with Gasteiger partial charge in [-0.3, -0.25) is 4.79 Å². The van der Waals surface area contributed by atoms with Crippen LogP contribution in [0.25, 0.3) is 0 Å². The van der Waals surface area contributed by atoms with Crippen LogP contribution in [0, 0.1) is 6.92 Å². The van der Waals surface area contributed by atoms with Gasteiger partial charge < -0.3 is 19.5 Å². The summed E-state index contributed by atoms with van der Waals surface area (Å²) in [7, 11) is 0.743. The largest absolute Gasteiger partial charge is 0.493 e. The normalized spacial score (nSPS) is 11.1. The van der Waals surface area contributed by atoms with Gasteiger partial charge in [-0.1, -0.05) is 36.4 Å². The topological polar surface area (TPSA) is 103 Å². The van der Waals surface area contributed by atoms with Crippen molar-refractivity contribution >= 4 is 15.9 Å². The van der Waals surface area contributed by atoms with E-state index in [0.29, 0.717) is 22.8 Å². The summed E-state index contributed by atoms with van der Waals surface area (Å²) in [6.07, 6.45) is 0. The van der Waals surface area contributed by atoms with Crippen molar-refractivity contribution in [3.63, 3.8) is 0 Å². The van der Waals surface area contributed by atoms with E-state index in [0.717, 1.165) is 11.1 Å². The van der Waals surface area contributed by atoms with E-state index in [9.17, 15) is 13.2 Å². The van der Waals surface area contributed by atoms with E-state index in [4.69, 9.17) is 14.2 Å². The molecule has 0 aliphatic carbocycles. The van der Waals surface area contributed by atoms with Crippen molar-refractivity contribution in [2.75, 3.05) is 21.3 Å². The first-order valence-electron chi connectivity index (χ1n) is 10.5. The average Bonchev–Trinajstić information content (AvgIpc) is 2.86. The van der Waals surface area contributed by atoms with Crippen molar-refractivity contribution in [3.05, 3.63) is 82.9 Å². The van der Waals surface area contributed by atoms with E-state index in [-0.39, 0.29) is 23.5 Å². The molecule has 180 valence electrons. The smallest absolute Gasteiger partial charge is 0.251 e. The highest BCUT2D eigenvalue weighted by molar-refractivity contribution is 7.89. The van der Waals surface area contributed by atoms with Crippen molar-refractivity contribution < 1.29 is 27.4 Å². The molecule has 0 heterocycles. The van der Waals surface area contributed by atoms with Crippen LogP contribution in [0.2, 0.25) is 0 Å². The van der Waals surface area contributed by atoms with Gasteiger partial charge in [0.2, 0.25) is 15.8 Å². The van der Waals surface area contributed by atoms with Crippen molar-refractivity contribution in [2.45, 2.75) is 24.9 Å². The van der Waals surface area contributed by atoms with E-state index in [1.165, 1.54) is 33.5 Å².